The molecule has 3 aromatic rings. The Morgan fingerprint density at radius 2 is 1.47 bits per heavy atom. The Labute approximate surface area is 291 Å². The lowest BCUT2D eigenvalue weighted by Crippen LogP contribution is -2.91. The minimum absolute atomic E-state index is 0.127. The Balaban J connectivity index is 1.76. The third-order valence-electron chi connectivity index (χ3n) is 9.23. The van der Waals surface area contributed by atoms with Gasteiger partial charge in [0.2, 0.25) is 0 Å². The number of nitrogens with two attached hydrogens (primary N) is 6. The van der Waals surface area contributed by atoms with E-state index in [-0.39, 0.29) is 10.8 Å². The van der Waals surface area contributed by atoms with Crippen molar-refractivity contribution in [1.82, 2.24) is 0 Å². The second kappa shape index (κ2) is 15.3. The first-order valence-electron chi connectivity index (χ1n) is 17.3. The second-order valence-electron chi connectivity index (χ2n) is 16.0. The molecule has 2 aromatic carbocycles. The van der Waals surface area contributed by atoms with Crippen molar-refractivity contribution >= 4 is 16.9 Å². The monoisotopic (exact) mass is 680 g/mol. The summed E-state index contributed by atoms with van der Waals surface area (Å²) in [6, 6.07) is 13.1. The van der Waals surface area contributed by atoms with E-state index in [4.69, 9.17) is 48.3 Å². The molecule has 0 saturated heterocycles. The predicted octanol–water partition coefficient (Wildman–Crippen LogP) is 4.62. The Morgan fingerprint density at radius 1 is 0.816 bits per heavy atom. The van der Waals surface area contributed by atoms with Crippen LogP contribution in [0, 0.1) is 16.7 Å². The molecule has 11 nitrogen and oxygen atoms in total. The molecule has 0 spiro atoms. The van der Waals surface area contributed by atoms with Crippen LogP contribution < -0.4 is 44.8 Å². The molecule has 49 heavy (non-hydrogen) atoms. The molecular weight excluding hydrogens is 620 g/mol. The van der Waals surface area contributed by atoms with Gasteiger partial charge in [0.05, 0.1) is 11.5 Å². The summed E-state index contributed by atoms with van der Waals surface area (Å²) in [5, 5.41) is 0.708. The first-order valence-corrected chi connectivity index (χ1v) is 17.3. The summed E-state index contributed by atoms with van der Waals surface area (Å²) in [6.07, 6.45) is 5.88. The smallest absolute Gasteiger partial charge is 0.344 e. The zero-order chi connectivity index (χ0) is 37.0. The number of esters is 1. The molecule has 0 fully saturated rings. The largest absolute Gasteiger partial charge is 0.490 e. The SMILES string of the molecule is CCCCCc1ccc(-c2cc3ccc(OCC(N)(N)C(N)(N)C(N)(N)COC(=O)C(CC(C)(C)C)C(C)(C)C)cc3oc2=O)c(CC)c1. The lowest BCUT2D eigenvalue weighted by atomic mass is 9.72. The van der Waals surface area contributed by atoms with Crippen molar-refractivity contribution < 1.29 is 18.7 Å². The third-order valence-corrected chi connectivity index (χ3v) is 9.23. The molecule has 0 aliphatic rings. The van der Waals surface area contributed by atoms with Crippen molar-refractivity contribution in [1.29, 1.82) is 0 Å². The van der Waals surface area contributed by atoms with Crippen LogP contribution in [0.3, 0.4) is 0 Å². The third kappa shape index (κ3) is 9.90. The molecule has 11 heteroatoms. The highest BCUT2D eigenvalue weighted by Gasteiger charge is 2.54. The van der Waals surface area contributed by atoms with Crippen LogP contribution in [0.15, 0.2) is 51.7 Å². The number of carbonyl (C=O) groups is 1. The minimum atomic E-state index is -2.16. The summed E-state index contributed by atoms with van der Waals surface area (Å²) in [7, 11) is 0. The quantitative estimate of drug-likeness (QED) is 0.0562. The maximum atomic E-state index is 13.2. The normalized spacial score (nSPS) is 13.8. The van der Waals surface area contributed by atoms with Crippen molar-refractivity contribution in [2.24, 2.45) is 51.1 Å². The van der Waals surface area contributed by atoms with Crippen LogP contribution in [0.1, 0.15) is 92.2 Å². The van der Waals surface area contributed by atoms with Crippen molar-refractivity contribution in [3.8, 4) is 16.9 Å². The number of carbonyl (C=O) groups excluding carboxylic acids is 1. The van der Waals surface area contributed by atoms with Crippen molar-refractivity contribution in [2.45, 2.75) is 111 Å². The van der Waals surface area contributed by atoms with E-state index in [1.54, 1.807) is 18.2 Å². The van der Waals surface area contributed by atoms with Crippen LogP contribution >= 0.6 is 0 Å². The number of hydrogen-bond acceptors (Lipinski definition) is 11. The van der Waals surface area contributed by atoms with Crippen LogP contribution in [0.25, 0.3) is 22.1 Å². The highest BCUT2D eigenvalue weighted by molar-refractivity contribution is 5.83. The van der Waals surface area contributed by atoms with Gasteiger partial charge in [0, 0.05) is 11.5 Å². The lowest BCUT2D eigenvalue weighted by Gasteiger charge is -2.48. The van der Waals surface area contributed by atoms with Gasteiger partial charge in [-0.05, 0) is 71.4 Å². The van der Waals surface area contributed by atoms with Gasteiger partial charge in [-0.15, -0.1) is 0 Å². The average Bonchev–Trinajstić information content (AvgIpc) is 3.00. The molecule has 1 heterocycles. The number of aryl methyl sites for hydroxylation is 2. The summed E-state index contributed by atoms with van der Waals surface area (Å²) in [5.74, 6) is -0.609. The van der Waals surface area contributed by atoms with Crippen molar-refractivity contribution in [3.63, 3.8) is 0 Å². The number of fused-ring (bicyclic) bond motifs is 1. The summed E-state index contributed by atoms with van der Waals surface area (Å²) < 4.78 is 17.2. The van der Waals surface area contributed by atoms with Gasteiger partial charge >= 0.3 is 11.6 Å². The predicted molar refractivity (Wildman–Crippen MR) is 197 cm³/mol. The molecule has 272 valence electrons. The summed E-state index contributed by atoms with van der Waals surface area (Å²) in [4.78, 5) is 26.4. The standard InChI is InChI=1S/C38H60N6O5/c1-9-11-12-13-24-14-17-28(25(10-2)18-24)29-19-26-15-16-27(20-31(26)49-32(29)45)47-22-36(39,40)38(43,44)37(41,42)23-48-33(46)30(35(6,7)8)21-34(3,4)5/h14-20,30H,9-13,21-23,39-44H2,1-8H3. The van der Waals surface area contributed by atoms with Crippen molar-refractivity contribution in [2.75, 3.05) is 13.2 Å². The van der Waals surface area contributed by atoms with E-state index < -0.39 is 47.7 Å². The van der Waals surface area contributed by atoms with E-state index >= 15 is 0 Å². The first-order chi connectivity index (χ1) is 22.5. The van der Waals surface area contributed by atoms with E-state index in [9.17, 15) is 9.59 Å². The van der Waals surface area contributed by atoms with Crippen LogP contribution in [-0.2, 0) is 22.4 Å². The molecule has 1 unspecified atom stereocenters. The molecule has 0 amide bonds. The van der Waals surface area contributed by atoms with E-state index in [2.05, 4.69) is 46.8 Å². The van der Waals surface area contributed by atoms with E-state index in [0.717, 1.165) is 30.4 Å². The topological polar surface area (TPSA) is 222 Å². The molecule has 12 N–H and O–H groups in total. The van der Waals surface area contributed by atoms with E-state index in [1.807, 2.05) is 32.9 Å². The molecule has 0 aliphatic carbocycles. The van der Waals surface area contributed by atoms with E-state index in [1.165, 1.54) is 18.4 Å². The molecule has 0 saturated carbocycles. The molecule has 0 radical (unpaired) electrons. The number of unbranched alkanes of at least 4 members (excludes halogenated alkanes) is 2. The second-order valence-corrected chi connectivity index (χ2v) is 16.0. The summed E-state index contributed by atoms with van der Waals surface area (Å²) in [5.41, 5.74) is 35.0. The Bertz CT molecular complexity index is 1650. The van der Waals surface area contributed by atoms with Gasteiger partial charge in [-0.2, -0.15) is 0 Å². The van der Waals surface area contributed by atoms with Crippen LogP contribution in [0.5, 0.6) is 5.75 Å². The fourth-order valence-corrected chi connectivity index (χ4v) is 5.83. The molecule has 3 rings (SSSR count). The van der Waals surface area contributed by atoms with Crippen molar-refractivity contribution in [3.05, 3.63) is 64.0 Å². The summed E-state index contributed by atoms with van der Waals surface area (Å²) in [6.45, 7) is 15.4. The zero-order valence-corrected chi connectivity index (χ0v) is 30.8. The van der Waals surface area contributed by atoms with Crippen LogP contribution in [0.4, 0.5) is 0 Å². The Kier molecular flexibility index (Phi) is 12.5. The lowest BCUT2D eigenvalue weighted by molar-refractivity contribution is -0.157. The van der Waals surface area contributed by atoms with E-state index in [0.29, 0.717) is 28.7 Å². The van der Waals surface area contributed by atoms with Gasteiger partial charge in [0.15, 0.2) is 0 Å². The Morgan fingerprint density at radius 3 is 2.06 bits per heavy atom. The van der Waals surface area contributed by atoms with Gasteiger partial charge < -0.3 is 48.3 Å². The fourth-order valence-electron chi connectivity index (χ4n) is 5.83. The van der Waals surface area contributed by atoms with Gasteiger partial charge in [0.25, 0.3) is 0 Å². The van der Waals surface area contributed by atoms with Gasteiger partial charge in [-0.1, -0.05) is 86.4 Å². The maximum absolute atomic E-state index is 13.2. The van der Waals surface area contributed by atoms with Crippen LogP contribution in [-0.4, -0.2) is 36.2 Å². The van der Waals surface area contributed by atoms with Crippen LogP contribution in [0.2, 0.25) is 0 Å². The molecule has 0 aliphatic heterocycles. The average molecular weight is 681 g/mol. The molecule has 0 bridgehead atoms. The zero-order valence-electron chi connectivity index (χ0n) is 30.8. The maximum Gasteiger partial charge on any atom is 0.344 e. The minimum Gasteiger partial charge on any atom is -0.490 e. The fraction of sp³-hybridized carbons (Fsp3) is 0.579. The van der Waals surface area contributed by atoms with Gasteiger partial charge in [0.1, 0.15) is 41.5 Å². The molecule has 1 aromatic heterocycles. The Hall–Kier alpha value is -3.32. The highest BCUT2D eigenvalue weighted by atomic mass is 16.5. The first kappa shape index (κ1) is 40.1. The number of hydrogen-bond donors (Lipinski definition) is 6. The number of ether oxygens (including phenoxy) is 2. The number of rotatable bonds is 15. The highest BCUT2D eigenvalue weighted by Crippen LogP contribution is 2.37. The number of benzene rings is 2. The summed E-state index contributed by atoms with van der Waals surface area (Å²) >= 11 is 0. The molecule has 1 atom stereocenters. The van der Waals surface area contributed by atoms with Gasteiger partial charge in [-0.3, -0.25) is 4.79 Å². The van der Waals surface area contributed by atoms with Gasteiger partial charge in [-0.25, -0.2) is 4.79 Å². The molecular formula is C38H60N6O5.